The topological polar surface area (TPSA) is 30.0 Å². The van der Waals surface area contributed by atoms with Crippen molar-refractivity contribution in [3.63, 3.8) is 0 Å². The van der Waals surface area contributed by atoms with Crippen LogP contribution in [0.2, 0.25) is 0 Å². The molecule has 0 saturated carbocycles. The Kier molecular flexibility index (Phi) is 4.22. The number of ketones is 1. The summed E-state index contributed by atoms with van der Waals surface area (Å²) >= 11 is 1.49. The van der Waals surface area contributed by atoms with Gasteiger partial charge in [-0.25, -0.2) is 9.37 Å². The van der Waals surface area contributed by atoms with E-state index in [1.807, 2.05) is 13.8 Å². The van der Waals surface area contributed by atoms with Crippen LogP contribution in [0.4, 0.5) is 4.39 Å². The van der Waals surface area contributed by atoms with E-state index in [0.717, 1.165) is 10.6 Å². The number of carbonyl (C=O) groups is 1. The van der Waals surface area contributed by atoms with E-state index in [0.29, 0.717) is 11.6 Å². The van der Waals surface area contributed by atoms with Crippen LogP contribution in [-0.4, -0.2) is 10.8 Å². The van der Waals surface area contributed by atoms with Gasteiger partial charge < -0.3 is 0 Å². The van der Waals surface area contributed by atoms with Crippen LogP contribution in [0, 0.1) is 5.82 Å². The van der Waals surface area contributed by atoms with E-state index in [9.17, 15) is 9.18 Å². The fourth-order valence-corrected chi connectivity index (χ4v) is 2.32. The molecule has 0 radical (unpaired) electrons. The Balaban J connectivity index is 2.09. The molecule has 2 rings (SSSR count). The second-order valence-corrected chi connectivity index (χ2v) is 5.36. The van der Waals surface area contributed by atoms with Gasteiger partial charge in [0, 0.05) is 11.3 Å². The number of benzene rings is 1. The highest BCUT2D eigenvalue weighted by Gasteiger charge is 2.09. The minimum Gasteiger partial charge on any atom is -0.288 e. The molecular formula is C15H14FNOS. The second kappa shape index (κ2) is 5.89. The fraction of sp³-hybridized carbons (Fsp3) is 0.200. The maximum Gasteiger partial charge on any atom is 0.205 e. The molecule has 0 amide bonds. The minimum absolute atomic E-state index is 0.132. The summed E-state index contributed by atoms with van der Waals surface area (Å²) in [4.78, 5) is 16.2. The van der Waals surface area contributed by atoms with E-state index in [4.69, 9.17) is 0 Å². The minimum atomic E-state index is -0.287. The van der Waals surface area contributed by atoms with Crippen LogP contribution >= 0.6 is 11.3 Å². The Morgan fingerprint density at radius 2 is 2.00 bits per heavy atom. The lowest BCUT2D eigenvalue weighted by atomic mass is 10.2. The van der Waals surface area contributed by atoms with Crippen molar-refractivity contribution in [3.05, 3.63) is 57.8 Å². The zero-order chi connectivity index (χ0) is 13.8. The summed E-state index contributed by atoms with van der Waals surface area (Å²) in [6.45, 7) is 4.09. The summed E-state index contributed by atoms with van der Waals surface area (Å²) in [5.74, 6) is -0.0929. The van der Waals surface area contributed by atoms with Gasteiger partial charge in [0.15, 0.2) is 0 Å². The SMILES string of the molecule is CC(C)c1nc(C(=O)C=Cc2ccc(F)cc2)cs1. The van der Waals surface area contributed by atoms with Gasteiger partial charge in [0.05, 0.1) is 5.01 Å². The smallest absolute Gasteiger partial charge is 0.205 e. The van der Waals surface area contributed by atoms with Crippen LogP contribution in [0.15, 0.2) is 35.7 Å². The van der Waals surface area contributed by atoms with Crippen molar-refractivity contribution in [2.75, 3.05) is 0 Å². The molecule has 0 aliphatic rings. The largest absolute Gasteiger partial charge is 0.288 e. The van der Waals surface area contributed by atoms with Gasteiger partial charge >= 0.3 is 0 Å². The lowest BCUT2D eigenvalue weighted by molar-refractivity contribution is 0.104. The number of aromatic nitrogens is 1. The summed E-state index contributed by atoms with van der Waals surface area (Å²) < 4.78 is 12.7. The molecule has 1 heterocycles. The van der Waals surface area contributed by atoms with E-state index in [2.05, 4.69) is 4.98 Å². The van der Waals surface area contributed by atoms with Crippen LogP contribution in [0.25, 0.3) is 6.08 Å². The highest BCUT2D eigenvalue weighted by molar-refractivity contribution is 7.09. The summed E-state index contributed by atoms with van der Waals surface area (Å²) in [5.41, 5.74) is 1.25. The normalized spacial score (nSPS) is 11.4. The number of allylic oxidation sites excluding steroid dienone is 1. The van der Waals surface area contributed by atoms with Gasteiger partial charge in [0.2, 0.25) is 5.78 Å². The molecule has 0 saturated heterocycles. The van der Waals surface area contributed by atoms with Crippen molar-refractivity contribution < 1.29 is 9.18 Å². The highest BCUT2D eigenvalue weighted by Crippen LogP contribution is 2.19. The lowest BCUT2D eigenvalue weighted by Crippen LogP contribution is -1.96. The number of rotatable bonds is 4. The van der Waals surface area contributed by atoms with E-state index >= 15 is 0 Å². The van der Waals surface area contributed by atoms with Crippen molar-refractivity contribution >= 4 is 23.2 Å². The molecule has 0 unspecified atom stereocenters. The molecule has 2 nitrogen and oxygen atoms in total. The Morgan fingerprint density at radius 1 is 1.32 bits per heavy atom. The molecule has 2 aromatic rings. The zero-order valence-corrected chi connectivity index (χ0v) is 11.6. The van der Waals surface area contributed by atoms with Crippen molar-refractivity contribution in [2.24, 2.45) is 0 Å². The van der Waals surface area contributed by atoms with E-state index in [1.165, 1.54) is 29.5 Å². The van der Waals surface area contributed by atoms with Crippen LogP contribution in [0.1, 0.15) is 40.8 Å². The molecule has 98 valence electrons. The molecule has 0 fully saturated rings. The number of halogens is 1. The maximum absolute atomic E-state index is 12.7. The van der Waals surface area contributed by atoms with E-state index in [-0.39, 0.29) is 11.6 Å². The summed E-state index contributed by atoms with van der Waals surface area (Å²) in [6, 6.07) is 5.98. The summed E-state index contributed by atoms with van der Waals surface area (Å²) in [6.07, 6.45) is 3.13. The van der Waals surface area contributed by atoms with Crippen LogP contribution in [-0.2, 0) is 0 Å². The predicted octanol–water partition coefficient (Wildman–Crippen LogP) is 4.30. The molecule has 0 N–H and O–H groups in total. The maximum atomic E-state index is 12.7. The quantitative estimate of drug-likeness (QED) is 0.615. The monoisotopic (exact) mass is 275 g/mol. The van der Waals surface area contributed by atoms with Crippen LogP contribution in [0.3, 0.4) is 0 Å². The predicted molar refractivity (Wildman–Crippen MR) is 76.0 cm³/mol. The molecule has 19 heavy (non-hydrogen) atoms. The van der Waals surface area contributed by atoms with Gasteiger partial charge in [0.1, 0.15) is 11.5 Å². The van der Waals surface area contributed by atoms with Gasteiger partial charge in [-0.3, -0.25) is 4.79 Å². The van der Waals surface area contributed by atoms with Crippen LogP contribution in [0.5, 0.6) is 0 Å². The lowest BCUT2D eigenvalue weighted by Gasteiger charge is -1.95. The molecular weight excluding hydrogens is 261 g/mol. The average molecular weight is 275 g/mol. The highest BCUT2D eigenvalue weighted by atomic mass is 32.1. The van der Waals surface area contributed by atoms with Crippen molar-refractivity contribution in [3.8, 4) is 0 Å². The Hall–Kier alpha value is -1.81. The third-order valence-corrected chi connectivity index (χ3v) is 3.71. The number of thiazole rings is 1. The first kappa shape index (κ1) is 13.6. The first-order chi connectivity index (χ1) is 9.06. The van der Waals surface area contributed by atoms with E-state index in [1.54, 1.807) is 23.6 Å². The van der Waals surface area contributed by atoms with Crippen molar-refractivity contribution in [1.29, 1.82) is 0 Å². The number of carbonyl (C=O) groups excluding carboxylic acids is 1. The van der Waals surface area contributed by atoms with Gasteiger partial charge in [-0.15, -0.1) is 11.3 Å². The Bertz CT molecular complexity index is 599. The molecule has 4 heteroatoms. The van der Waals surface area contributed by atoms with Gasteiger partial charge in [-0.05, 0) is 23.8 Å². The van der Waals surface area contributed by atoms with Crippen molar-refractivity contribution in [1.82, 2.24) is 4.98 Å². The van der Waals surface area contributed by atoms with E-state index < -0.39 is 0 Å². The Morgan fingerprint density at radius 3 is 2.58 bits per heavy atom. The Labute approximate surface area is 115 Å². The van der Waals surface area contributed by atoms with Crippen LogP contribution < -0.4 is 0 Å². The molecule has 0 aliphatic carbocycles. The molecule has 1 aromatic carbocycles. The fourth-order valence-electron chi connectivity index (χ4n) is 1.50. The first-order valence-corrected chi connectivity index (χ1v) is 6.87. The van der Waals surface area contributed by atoms with Gasteiger partial charge in [0.25, 0.3) is 0 Å². The molecule has 0 spiro atoms. The first-order valence-electron chi connectivity index (χ1n) is 5.99. The third kappa shape index (κ3) is 3.58. The molecule has 0 atom stereocenters. The van der Waals surface area contributed by atoms with Gasteiger partial charge in [-0.1, -0.05) is 32.1 Å². The standard InChI is InChI=1S/C15H14FNOS/c1-10(2)15-17-13(9-19-15)14(18)8-5-11-3-6-12(16)7-4-11/h3-10H,1-2H3. The average Bonchev–Trinajstić information content (AvgIpc) is 2.87. The van der Waals surface area contributed by atoms with Gasteiger partial charge in [-0.2, -0.15) is 0 Å². The number of nitrogens with zero attached hydrogens (tertiary/aromatic N) is 1. The van der Waals surface area contributed by atoms with Crippen molar-refractivity contribution in [2.45, 2.75) is 19.8 Å². The number of hydrogen-bond acceptors (Lipinski definition) is 3. The summed E-state index contributed by atoms with van der Waals surface area (Å²) in [7, 11) is 0. The number of hydrogen-bond donors (Lipinski definition) is 0. The molecule has 1 aromatic heterocycles. The second-order valence-electron chi connectivity index (χ2n) is 4.47. The third-order valence-electron chi connectivity index (χ3n) is 2.57. The summed E-state index contributed by atoms with van der Waals surface area (Å²) in [5, 5.41) is 2.73. The zero-order valence-electron chi connectivity index (χ0n) is 10.8. The molecule has 0 aliphatic heterocycles. The molecule has 0 bridgehead atoms.